The first-order valence-electron chi connectivity index (χ1n) is 9.49. The van der Waals surface area contributed by atoms with Crippen LogP contribution < -0.4 is 10.2 Å². The minimum absolute atomic E-state index is 0.00601. The molecule has 1 aromatic heterocycles. The van der Waals surface area contributed by atoms with Crippen molar-refractivity contribution in [3.63, 3.8) is 0 Å². The van der Waals surface area contributed by atoms with Gasteiger partial charge in [-0.1, -0.05) is 30.3 Å². The van der Waals surface area contributed by atoms with E-state index >= 15 is 0 Å². The third-order valence-corrected chi connectivity index (χ3v) is 4.91. The van der Waals surface area contributed by atoms with Gasteiger partial charge in [-0.3, -0.25) is 10.1 Å². The fourth-order valence-electron chi connectivity index (χ4n) is 3.46. The van der Waals surface area contributed by atoms with E-state index in [1.54, 1.807) is 17.2 Å². The van der Waals surface area contributed by atoms with E-state index in [9.17, 15) is 14.9 Å². The van der Waals surface area contributed by atoms with Gasteiger partial charge in [-0.2, -0.15) is 0 Å². The maximum atomic E-state index is 12.5. The smallest absolute Gasteiger partial charge is 0.317 e. The molecule has 1 saturated heterocycles. The monoisotopic (exact) mass is 383 g/mol. The molecule has 8 nitrogen and oxygen atoms in total. The summed E-state index contributed by atoms with van der Waals surface area (Å²) in [6.07, 6.45) is 3.36. The SMILES string of the molecule is CC1CN(c2ncccc2[N+](=O)[O-])CCN1C(=O)NCCCc1ccccc1. The molecule has 1 unspecified atom stereocenters. The topological polar surface area (TPSA) is 91.6 Å². The van der Waals surface area contributed by atoms with Crippen LogP contribution in [0.4, 0.5) is 16.3 Å². The molecule has 28 heavy (non-hydrogen) atoms. The van der Waals surface area contributed by atoms with Crippen LogP contribution in [0.5, 0.6) is 0 Å². The van der Waals surface area contributed by atoms with Crippen molar-refractivity contribution < 1.29 is 9.72 Å². The number of hydrogen-bond donors (Lipinski definition) is 1. The summed E-state index contributed by atoms with van der Waals surface area (Å²) in [5, 5.41) is 14.2. The van der Waals surface area contributed by atoms with E-state index in [1.807, 2.05) is 30.0 Å². The molecule has 2 heterocycles. The van der Waals surface area contributed by atoms with Crippen molar-refractivity contribution in [1.82, 2.24) is 15.2 Å². The second-order valence-corrected chi connectivity index (χ2v) is 6.91. The van der Waals surface area contributed by atoms with E-state index in [0.717, 1.165) is 12.8 Å². The van der Waals surface area contributed by atoms with Crippen LogP contribution in [0.2, 0.25) is 0 Å². The lowest BCUT2D eigenvalue weighted by Gasteiger charge is -2.40. The lowest BCUT2D eigenvalue weighted by Crippen LogP contribution is -2.57. The van der Waals surface area contributed by atoms with E-state index in [2.05, 4.69) is 22.4 Å². The number of nitro groups is 1. The predicted octanol–water partition coefficient (Wildman–Crippen LogP) is 2.84. The molecule has 1 aromatic carbocycles. The molecule has 8 heteroatoms. The first kappa shape index (κ1) is 19.6. The van der Waals surface area contributed by atoms with Crippen LogP contribution >= 0.6 is 0 Å². The zero-order chi connectivity index (χ0) is 19.9. The van der Waals surface area contributed by atoms with Crippen molar-refractivity contribution in [3.05, 3.63) is 64.3 Å². The normalized spacial score (nSPS) is 16.7. The number of aryl methyl sites for hydroxylation is 1. The molecular weight excluding hydrogens is 358 g/mol. The van der Waals surface area contributed by atoms with Crippen molar-refractivity contribution >= 4 is 17.5 Å². The number of aromatic nitrogens is 1. The van der Waals surface area contributed by atoms with E-state index in [-0.39, 0.29) is 17.8 Å². The summed E-state index contributed by atoms with van der Waals surface area (Å²) in [7, 11) is 0. The molecule has 0 aliphatic carbocycles. The summed E-state index contributed by atoms with van der Waals surface area (Å²) < 4.78 is 0. The number of hydrogen-bond acceptors (Lipinski definition) is 5. The van der Waals surface area contributed by atoms with Crippen LogP contribution in [0.15, 0.2) is 48.7 Å². The molecule has 3 rings (SSSR count). The van der Waals surface area contributed by atoms with E-state index in [4.69, 9.17) is 0 Å². The van der Waals surface area contributed by atoms with E-state index in [0.29, 0.717) is 32.0 Å². The minimum Gasteiger partial charge on any atom is -0.347 e. The standard InChI is InChI=1S/C20H25N5O3/c1-16-15-23(19-18(25(27)28)10-6-11-21-19)13-14-24(16)20(26)22-12-5-9-17-7-3-2-4-8-17/h2-4,6-8,10-11,16H,5,9,12-15H2,1H3,(H,22,26). The highest BCUT2D eigenvalue weighted by Crippen LogP contribution is 2.26. The van der Waals surface area contributed by atoms with Gasteiger partial charge in [0.25, 0.3) is 0 Å². The maximum absolute atomic E-state index is 12.5. The number of amides is 2. The van der Waals surface area contributed by atoms with Gasteiger partial charge in [-0.05, 0) is 31.4 Å². The molecule has 1 N–H and O–H groups in total. The van der Waals surface area contributed by atoms with Gasteiger partial charge in [0.15, 0.2) is 0 Å². The number of rotatable bonds is 6. The quantitative estimate of drug-likeness (QED) is 0.470. The first-order chi connectivity index (χ1) is 13.6. The summed E-state index contributed by atoms with van der Waals surface area (Å²) in [6, 6.07) is 13.1. The highest BCUT2D eigenvalue weighted by atomic mass is 16.6. The van der Waals surface area contributed by atoms with Crippen LogP contribution in [0.1, 0.15) is 18.9 Å². The Kier molecular flexibility index (Phi) is 6.41. The molecule has 2 aromatic rings. The molecular formula is C20H25N5O3. The largest absolute Gasteiger partial charge is 0.347 e. The maximum Gasteiger partial charge on any atom is 0.317 e. The van der Waals surface area contributed by atoms with Crippen LogP contribution in [0.25, 0.3) is 0 Å². The van der Waals surface area contributed by atoms with Crippen molar-refractivity contribution in [1.29, 1.82) is 0 Å². The second-order valence-electron chi connectivity index (χ2n) is 6.91. The van der Waals surface area contributed by atoms with Crippen LogP contribution in [0, 0.1) is 10.1 Å². The number of anilines is 1. The molecule has 0 spiro atoms. The Morgan fingerprint density at radius 2 is 2.04 bits per heavy atom. The summed E-state index contributed by atoms with van der Waals surface area (Å²) in [6.45, 7) is 4.09. The Hall–Kier alpha value is -3.16. The summed E-state index contributed by atoms with van der Waals surface area (Å²) in [5.41, 5.74) is 1.25. The predicted molar refractivity (Wildman–Crippen MR) is 107 cm³/mol. The van der Waals surface area contributed by atoms with Gasteiger partial charge in [-0.25, -0.2) is 9.78 Å². The summed E-state index contributed by atoms with van der Waals surface area (Å²) in [5.74, 6) is 0.363. The van der Waals surface area contributed by atoms with Gasteiger partial charge >= 0.3 is 11.7 Å². The van der Waals surface area contributed by atoms with Crippen molar-refractivity contribution in [2.45, 2.75) is 25.8 Å². The second kappa shape index (κ2) is 9.16. The fraction of sp³-hybridized carbons (Fsp3) is 0.400. The van der Waals surface area contributed by atoms with Gasteiger partial charge in [0.1, 0.15) is 0 Å². The van der Waals surface area contributed by atoms with Crippen molar-refractivity contribution in [2.24, 2.45) is 0 Å². The summed E-state index contributed by atoms with van der Waals surface area (Å²) in [4.78, 5) is 31.2. The third-order valence-electron chi connectivity index (χ3n) is 4.91. The zero-order valence-electron chi connectivity index (χ0n) is 16.0. The highest BCUT2D eigenvalue weighted by Gasteiger charge is 2.30. The average Bonchev–Trinajstić information content (AvgIpc) is 2.71. The molecule has 0 bridgehead atoms. The number of carbonyl (C=O) groups excluding carboxylic acids is 1. The van der Waals surface area contributed by atoms with Gasteiger partial charge in [-0.15, -0.1) is 0 Å². The Labute approximate surface area is 164 Å². The van der Waals surface area contributed by atoms with Gasteiger partial charge in [0.05, 0.1) is 4.92 Å². The first-order valence-corrected chi connectivity index (χ1v) is 9.49. The number of urea groups is 1. The van der Waals surface area contributed by atoms with E-state index < -0.39 is 4.92 Å². The summed E-state index contributed by atoms with van der Waals surface area (Å²) >= 11 is 0. The lowest BCUT2D eigenvalue weighted by atomic mass is 10.1. The Morgan fingerprint density at radius 1 is 1.25 bits per heavy atom. The molecule has 1 fully saturated rings. The number of piperazine rings is 1. The Balaban J connectivity index is 1.50. The molecule has 0 saturated carbocycles. The third kappa shape index (κ3) is 4.76. The highest BCUT2D eigenvalue weighted by molar-refractivity contribution is 5.75. The molecule has 2 amide bonds. The molecule has 1 aliphatic rings. The number of carbonyl (C=O) groups is 1. The van der Waals surface area contributed by atoms with Gasteiger partial charge < -0.3 is 15.1 Å². The average molecular weight is 383 g/mol. The number of pyridine rings is 1. The number of nitrogens with one attached hydrogen (secondary N) is 1. The minimum atomic E-state index is -0.418. The zero-order valence-corrected chi connectivity index (χ0v) is 16.0. The van der Waals surface area contributed by atoms with Crippen LogP contribution in [-0.2, 0) is 6.42 Å². The molecule has 1 aliphatic heterocycles. The molecule has 1 atom stereocenters. The number of nitrogens with zero attached hydrogens (tertiary/aromatic N) is 4. The van der Waals surface area contributed by atoms with Gasteiger partial charge in [0, 0.05) is 44.5 Å². The van der Waals surface area contributed by atoms with Crippen LogP contribution in [-0.4, -0.2) is 53.1 Å². The Bertz CT molecular complexity index is 814. The molecule has 148 valence electrons. The van der Waals surface area contributed by atoms with Gasteiger partial charge in [0.2, 0.25) is 5.82 Å². The Morgan fingerprint density at radius 3 is 2.75 bits per heavy atom. The fourth-order valence-corrected chi connectivity index (χ4v) is 3.46. The van der Waals surface area contributed by atoms with Crippen LogP contribution in [0.3, 0.4) is 0 Å². The van der Waals surface area contributed by atoms with Crippen molar-refractivity contribution in [2.75, 3.05) is 31.1 Å². The van der Waals surface area contributed by atoms with E-state index in [1.165, 1.54) is 11.6 Å². The number of benzene rings is 1. The lowest BCUT2D eigenvalue weighted by molar-refractivity contribution is -0.384. The van der Waals surface area contributed by atoms with Crippen molar-refractivity contribution in [3.8, 4) is 0 Å². The molecule has 0 radical (unpaired) electrons.